The number of nitrogens with one attached hydrogen (secondary N) is 1. The van der Waals surface area contributed by atoms with Crippen molar-refractivity contribution in [2.45, 2.75) is 38.1 Å². The van der Waals surface area contributed by atoms with Gasteiger partial charge < -0.3 is 21.1 Å². The van der Waals surface area contributed by atoms with E-state index in [-0.39, 0.29) is 0 Å². The number of hydrogen-bond acceptors (Lipinski definition) is 3. The zero-order valence-corrected chi connectivity index (χ0v) is 12.1. The number of carboxylic acid groups (broad SMARTS) is 1. The van der Waals surface area contributed by atoms with Crippen LogP contribution >= 0.6 is 0 Å². The van der Waals surface area contributed by atoms with Gasteiger partial charge in [-0.05, 0) is 31.4 Å². The Labute approximate surface area is 123 Å². The number of likely N-dealkylation sites (tertiary alicyclic amines) is 1. The van der Waals surface area contributed by atoms with Gasteiger partial charge in [0, 0.05) is 6.54 Å². The maximum atomic E-state index is 12.5. The van der Waals surface area contributed by atoms with Crippen LogP contribution < -0.4 is 11.1 Å². The molecule has 1 atom stereocenters. The van der Waals surface area contributed by atoms with Crippen LogP contribution in [0, 0.1) is 0 Å². The van der Waals surface area contributed by atoms with Crippen LogP contribution in [0.4, 0.5) is 16.2 Å². The Bertz CT molecular complexity index is 547. The van der Waals surface area contributed by atoms with Crippen molar-refractivity contribution in [1.82, 2.24) is 4.90 Å². The molecular weight excluding hydrogens is 270 g/mol. The van der Waals surface area contributed by atoms with Gasteiger partial charge in [-0.1, -0.05) is 25.5 Å². The van der Waals surface area contributed by atoms with E-state index in [4.69, 9.17) is 5.73 Å². The number of urea groups is 1. The Morgan fingerprint density at radius 3 is 2.76 bits per heavy atom. The number of para-hydroxylation sites is 2. The van der Waals surface area contributed by atoms with E-state index in [1.165, 1.54) is 4.90 Å². The first-order valence-corrected chi connectivity index (χ1v) is 7.18. The van der Waals surface area contributed by atoms with E-state index in [9.17, 15) is 14.7 Å². The first-order chi connectivity index (χ1) is 10.0. The number of rotatable bonds is 4. The molecule has 1 aliphatic rings. The SMILES string of the molecule is CCCC1(C(=O)O)CCCN1C(=O)Nc1ccccc1N. The van der Waals surface area contributed by atoms with Crippen LogP contribution in [-0.2, 0) is 4.79 Å². The summed E-state index contributed by atoms with van der Waals surface area (Å²) in [4.78, 5) is 25.6. The number of benzene rings is 1. The smallest absolute Gasteiger partial charge is 0.329 e. The second kappa shape index (κ2) is 6.03. The molecule has 1 unspecified atom stereocenters. The highest BCUT2D eigenvalue weighted by atomic mass is 16.4. The Balaban J connectivity index is 2.21. The third kappa shape index (κ3) is 2.79. The maximum absolute atomic E-state index is 12.5. The Morgan fingerprint density at radius 2 is 2.14 bits per heavy atom. The highest BCUT2D eigenvalue weighted by Gasteiger charge is 2.49. The molecule has 1 heterocycles. The van der Waals surface area contributed by atoms with Gasteiger partial charge in [0.05, 0.1) is 11.4 Å². The number of carbonyl (C=O) groups excluding carboxylic acids is 1. The zero-order valence-electron chi connectivity index (χ0n) is 12.1. The molecule has 6 heteroatoms. The van der Waals surface area contributed by atoms with E-state index >= 15 is 0 Å². The van der Waals surface area contributed by atoms with Crippen molar-refractivity contribution >= 4 is 23.4 Å². The van der Waals surface area contributed by atoms with Gasteiger partial charge in [0.1, 0.15) is 5.54 Å². The third-order valence-electron chi connectivity index (χ3n) is 4.00. The molecular formula is C15H21N3O3. The number of nitrogens with zero attached hydrogens (tertiary/aromatic N) is 1. The standard InChI is InChI=1S/C15H21N3O3/c1-2-8-15(13(19)20)9-5-10-18(15)14(21)17-12-7-4-3-6-11(12)16/h3-4,6-7H,2,5,8-10,16H2,1H3,(H,17,21)(H,19,20). The van der Waals surface area contributed by atoms with Crippen molar-refractivity contribution in [3.05, 3.63) is 24.3 Å². The summed E-state index contributed by atoms with van der Waals surface area (Å²) in [5, 5.41) is 12.3. The summed E-state index contributed by atoms with van der Waals surface area (Å²) in [6.07, 6.45) is 2.36. The van der Waals surface area contributed by atoms with Crippen LogP contribution in [0.25, 0.3) is 0 Å². The Hall–Kier alpha value is -2.24. The molecule has 4 N–H and O–H groups in total. The van der Waals surface area contributed by atoms with E-state index in [0.717, 1.165) is 0 Å². The molecule has 21 heavy (non-hydrogen) atoms. The fraction of sp³-hybridized carbons (Fsp3) is 0.467. The average Bonchev–Trinajstić information content (AvgIpc) is 2.87. The zero-order chi connectivity index (χ0) is 15.5. The minimum atomic E-state index is -1.09. The molecule has 1 fully saturated rings. The first-order valence-electron chi connectivity index (χ1n) is 7.18. The van der Waals surface area contributed by atoms with Crippen molar-refractivity contribution in [1.29, 1.82) is 0 Å². The van der Waals surface area contributed by atoms with Crippen LogP contribution in [0.5, 0.6) is 0 Å². The second-order valence-electron chi connectivity index (χ2n) is 5.36. The fourth-order valence-corrected chi connectivity index (χ4v) is 2.97. The fourth-order valence-electron chi connectivity index (χ4n) is 2.97. The topological polar surface area (TPSA) is 95.7 Å². The van der Waals surface area contributed by atoms with E-state index in [1.54, 1.807) is 24.3 Å². The number of aliphatic carboxylic acids is 1. The van der Waals surface area contributed by atoms with Crippen LogP contribution in [0.15, 0.2) is 24.3 Å². The van der Waals surface area contributed by atoms with Gasteiger partial charge in [-0.25, -0.2) is 9.59 Å². The first kappa shape index (κ1) is 15.2. The van der Waals surface area contributed by atoms with Crippen LogP contribution in [0.2, 0.25) is 0 Å². The van der Waals surface area contributed by atoms with Gasteiger partial charge in [0.2, 0.25) is 0 Å². The van der Waals surface area contributed by atoms with Gasteiger partial charge in [0.25, 0.3) is 0 Å². The van der Waals surface area contributed by atoms with Gasteiger partial charge in [0.15, 0.2) is 0 Å². The molecule has 1 saturated heterocycles. The average molecular weight is 291 g/mol. The number of anilines is 2. The minimum Gasteiger partial charge on any atom is -0.479 e. The molecule has 0 aliphatic carbocycles. The molecule has 1 aromatic carbocycles. The molecule has 0 saturated carbocycles. The van der Waals surface area contributed by atoms with Gasteiger partial charge >= 0.3 is 12.0 Å². The van der Waals surface area contributed by atoms with E-state index in [1.807, 2.05) is 6.92 Å². The molecule has 2 rings (SSSR count). The monoisotopic (exact) mass is 291 g/mol. The predicted octanol–water partition coefficient (Wildman–Crippen LogP) is 2.52. The molecule has 114 valence electrons. The minimum absolute atomic E-state index is 0.402. The molecule has 0 radical (unpaired) electrons. The largest absolute Gasteiger partial charge is 0.479 e. The normalized spacial score (nSPS) is 21.3. The highest BCUT2D eigenvalue weighted by molar-refractivity contribution is 5.96. The summed E-state index contributed by atoms with van der Waals surface area (Å²) < 4.78 is 0. The molecule has 2 amide bonds. The van der Waals surface area contributed by atoms with Crippen LogP contribution in [0.1, 0.15) is 32.6 Å². The molecule has 0 aromatic heterocycles. The van der Waals surface area contributed by atoms with E-state index in [2.05, 4.69) is 5.32 Å². The summed E-state index contributed by atoms with van der Waals surface area (Å²) >= 11 is 0. The number of carbonyl (C=O) groups is 2. The van der Waals surface area contributed by atoms with Crippen molar-refractivity contribution < 1.29 is 14.7 Å². The van der Waals surface area contributed by atoms with Crippen molar-refractivity contribution in [3.63, 3.8) is 0 Å². The molecule has 1 aromatic rings. The molecule has 6 nitrogen and oxygen atoms in total. The molecule has 1 aliphatic heterocycles. The Morgan fingerprint density at radius 1 is 1.43 bits per heavy atom. The summed E-state index contributed by atoms with van der Waals surface area (Å²) in [5.41, 5.74) is 5.67. The number of hydrogen-bond donors (Lipinski definition) is 3. The summed E-state index contributed by atoms with van der Waals surface area (Å²) in [6, 6.07) is 6.54. The lowest BCUT2D eigenvalue weighted by Gasteiger charge is -2.34. The van der Waals surface area contributed by atoms with Gasteiger partial charge in [-0.2, -0.15) is 0 Å². The molecule has 0 bridgehead atoms. The molecule has 0 spiro atoms. The second-order valence-corrected chi connectivity index (χ2v) is 5.36. The lowest BCUT2D eigenvalue weighted by molar-refractivity contribution is -0.148. The van der Waals surface area contributed by atoms with Crippen LogP contribution in [0.3, 0.4) is 0 Å². The predicted molar refractivity (Wildman–Crippen MR) is 81.1 cm³/mol. The number of nitrogen functional groups attached to an aromatic ring is 1. The summed E-state index contributed by atoms with van der Waals surface area (Å²) in [7, 11) is 0. The van der Waals surface area contributed by atoms with Crippen molar-refractivity contribution in [3.8, 4) is 0 Å². The third-order valence-corrected chi connectivity index (χ3v) is 4.00. The van der Waals surface area contributed by atoms with Crippen molar-refractivity contribution in [2.75, 3.05) is 17.6 Å². The quantitative estimate of drug-likeness (QED) is 0.743. The van der Waals surface area contributed by atoms with Crippen LogP contribution in [-0.4, -0.2) is 34.1 Å². The van der Waals surface area contributed by atoms with E-state index in [0.29, 0.717) is 43.6 Å². The summed E-state index contributed by atoms with van der Waals surface area (Å²) in [5.74, 6) is -0.932. The highest BCUT2D eigenvalue weighted by Crippen LogP contribution is 2.34. The van der Waals surface area contributed by atoms with Crippen molar-refractivity contribution in [2.24, 2.45) is 0 Å². The van der Waals surface area contributed by atoms with E-state index < -0.39 is 17.5 Å². The lowest BCUT2D eigenvalue weighted by atomic mass is 9.91. The number of nitrogens with two attached hydrogens (primary N) is 1. The summed E-state index contributed by atoms with van der Waals surface area (Å²) in [6.45, 7) is 2.37. The maximum Gasteiger partial charge on any atom is 0.329 e. The lowest BCUT2D eigenvalue weighted by Crippen LogP contribution is -2.54. The van der Waals surface area contributed by atoms with Gasteiger partial charge in [-0.3, -0.25) is 0 Å². The Kier molecular flexibility index (Phi) is 4.35. The number of carboxylic acids is 1. The number of amides is 2. The van der Waals surface area contributed by atoms with Gasteiger partial charge in [-0.15, -0.1) is 0 Å².